The van der Waals surface area contributed by atoms with Crippen molar-refractivity contribution in [3.05, 3.63) is 70.2 Å². The number of piperidine rings is 4. The topological polar surface area (TPSA) is 92.3 Å². The minimum atomic E-state index is -0.208. The summed E-state index contributed by atoms with van der Waals surface area (Å²) in [5.41, 5.74) is 5.33. The van der Waals surface area contributed by atoms with Gasteiger partial charge in [-0.2, -0.15) is 11.3 Å². The van der Waals surface area contributed by atoms with Gasteiger partial charge in [-0.1, -0.05) is 6.07 Å². The van der Waals surface area contributed by atoms with Gasteiger partial charge in [-0.25, -0.2) is 14.0 Å². The lowest BCUT2D eigenvalue weighted by Crippen LogP contribution is -2.52. The van der Waals surface area contributed by atoms with E-state index >= 15 is 0 Å². The molecule has 4 fully saturated rings. The number of anilines is 3. The maximum atomic E-state index is 14.2. The molecule has 2 aromatic carbocycles. The number of likely N-dealkylation sites (tertiary alicyclic amines) is 3. The highest BCUT2D eigenvalue weighted by Crippen LogP contribution is 2.52. The first-order valence-electron chi connectivity index (χ1n) is 22.4. The second kappa shape index (κ2) is 18.1. The molecule has 0 saturated carbocycles. The van der Waals surface area contributed by atoms with Gasteiger partial charge >= 0.3 is 12.1 Å². The van der Waals surface area contributed by atoms with E-state index in [-0.39, 0.29) is 34.7 Å². The van der Waals surface area contributed by atoms with E-state index in [1.54, 1.807) is 56.5 Å². The fraction of sp³-hybridized carbons (Fsp3) is 0.596. The summed E-state index contributed by atoms with van der Waals surface area (Å²) in [6, 6.07) is 14.3. The van der Waals surface area contributed by atoms with Crippen molar-refractivity contribution >= 4 is 46.4 Å². The summed E-state index contributed by atoms with van der Waals surface area (Å²) in [5, 5.41) is 4.39. The van der Waals surface area contributed by atoms with Gasteiger partial charge in [-0.15, -0.1) is 0 Å². The van der Waals surface area contributed by atoms with E-state index in [0.717, 1.165) is 120 Å². The third-order valence-electron chi connectivity index (χ3n) is 14.7. The summed E-state index contributed by atoms with van der Waals surface area (Å²) in [6.07, 6.45) is 8.17. The van der Waals surface area contributed by atoms with Gasteiger partial charge in [-0.05, 0) is 132 Å². The standard InChI is InChI=1S/C24H31FN4OS.C23H33N3O4/c1-26(2)23(30)29-17-24(21-15-18(25)3-4-22(21)29)8-12-28(13-9-24)19-5-10-27(11-6-19)20-7-14-31-16-20;1-4-30-22(28)25-12-8-18(9-13-25)24-14-10-23(11-15-24)16-26(17(2)27)19-6-5-7-20(29-3)21(19)23/h3-4,7,14-16,19H,5-6,8-13,17H2,1-2H3;5-7,18H,4,8-16H2,1-3H3. The van der Waals surface area contributed by atoms with Crippen molar-refractivity contribution in [1.29, 1.82) is 0 Å². The predicted octanol–water partition coefficient (Wildman–Crippen LogP) is 7.41. The number of nitrogens with zero attached hydrogens (tertiary/aromatic N) is 7. The molecule has 6 aliphatic rings. The molecule has 0 radical (unpaired) electrons. The molecule has 0 atom stereocenters. The summed E-state index contributed by atoms with van der Waals surface area (Å²) < 4.78 is 25.0. The van der Waals surface area contributed by atoms with Crippen LogP contribution in [0.4, 0.5) is 31.0 Å². The SMILES string of the molecule is CCOC(=O)N1CCC(N2CCC3(CC2)CN(C(C)=O)c2cccc(OC)c23)CC1.CN(C)C(=O)N1CC2(CCN(C3CCN(c4ccsc4)CC3)CC2)c2cc(F)ccc21. The highest BCUT2D eigenvalue weighted by molar-refractivity contribution is 7.08. The zero-order chi connectivity index (χ0) is 42.9. The molecule has 1 aromatic heterocycles. The third kappa shape index (κ3) is 8.56. The molecule has 4 saturated heterocycles. The van der Waals surface area contributed by atoms with E-state index in [1.807, 2.05) is 39.8 Å². The van der Waals surface area contributed by atoms with Gasteiger partial charge in [0, 0.05) is 106 Å². The Hall–Kier alpha value is -4.40. The van der Waals surface area contributed by atoms with Crippen LogP contribution in [-0.2, 0) is 20.4 Å². The molecular weight excluding hydrogens is 794 g/mol. The highest BCUT2D eigenvalue weighted by atomic mass is 32.1. The van der Waals surface area contributed by atoms with Crippen LogP contribution in [0.3, 0.4) is 0 Å². The van der Waals surface area contributed by atoms with Crippen molar-refractivity contribution < 1.29 is 28.2 Å². The average Bonchev–Trinajstić information content (AvgIpc) is 4.01. The molecule has 61 heavy (non-hydrogen) atoms. The summed E-state index contributed by atoms with van der Waals surface area (Å²) in [5.74, 6) is 0.781. The minimum absolute atomic E-state index is 0.0204. The van der Waals surface area contributed by atoms with Crippen LogP contribution in [0.5, 0.6) is 5.75 Å². The van der Waals surface area contributed by atoms with Crippen LogP contribution in [0.15, 0.2) is 53.2 Å². The van der Waals surface area contributed by atoms with E-state index in [4.69, 9.17) is 9.47 Å². The molecule has 12 nitrogen and oxygen atoms in total. The van der Waals surface area contributed by atoms with Crippen LogP contribution >= 0.6 is 11.3 Å². The van der Waals surface area contributed by atoms with Gasteiger partial charge in [0.1, 0.15) is 11.6 Å². The number of thiophene rings is 1. The van der Waals surface area contributed by atoms with Gasteiger partial charge in [0.05, 0.1) is 19.4 Å². The first-order chi connectivity index (χ1) is 29.5. The lowest BCUT2D eigenvalue weighted by atomic mass is 9.73. The number of urea groups is 1. The number of methoxy groups -OCH3 is 1. The Morgan fingerprint density at radius 2 is 1.43 bits per heavy atom. The van der Waals surface area contributed by atoms with E-state index < -0.39 is 0 Å². The summed E-state index contributed by atoms with van der Waals surface area (Å²) in [6.45, 7) is 13.1. The Bertz CT molecular complexity index is 2020. The molecule has 7 heterocycles. The van der Waals surface area contributed by atoms with Gasteiger partial charge < -0.3 is 38.9 Å². The number of carbonyl (C=O) groups excluding carboxylic acids is 3. The lowest BCUT2D eigenvalue weighted by molar-refractivity contribution is -0.116. The molecule has 0 aliphatic carbocycles. The zero-order valence-corrected chi connectivity index (χ0v) is 37.6. The Balaban J connectivity index is 0.000000169. The second-order valence-electron chi connectivity index (χ2n) is 18.1. The van der Waals surface area contributed by atoms with E-state index in [2.05, 4.69) is 31.5 Å². The molecule has 4 amide bonds. The summed E-state index contributed by atoms with van der Waals surface area (Å²) in [7, 11) is 5.27. The highest BCUT2D eigenvalue weighted by Gasteiger charge is 2.49. The number of carbonyl (C=O) groups is 3. The number of fused-ring (bicyclic) bond motifs is 4. The van der Waals surface area contributed by atoms with Crippen LogP contribution in [0.2, 0.25) is 0 Å². The van der Waals surface area contributed by atoms with Crippen LogP contribution in [-0.4, -0.2) is 143 Å². The average molecular weight is 858 g/mol. The van der Waals surface area contributed by atoms with Crippen LogP contribution in [0, 0.1) is 5.82 Å². The van der Waals surface area contributed by atoms with Crippen molar-refractivity contribution in [3.8, 4) is 5.75 Å². The molecule has 14 heteroatoms. The molecule has 6 aliphatic heterocycles. The van der Waals surface area contributed by atoms with Crippen molar-refractivity contribution in [2.24, 2.45) is 0 Å². The van der Waals surface area contributed by atoms with E-state index in [0.29, 0.717) is 25.2 Å². The predicted molar refractivity (Wildman–Crippen MR) is 240 cm³/mol. The molecular formula is C47H64FN7O5S. The maximum Gasteiger partial charge on any atom is 0.409 e. The Labute approximate surface area is 365 Å². The van der Waals surface area contributed by atoms with Crippen molar-refractivity contribution in [2.45, 2.75) is 88.1 Å². The lowest BCUT2D eigenvalue weighted by Gasteiger charge is -2.45. The molecule has 0 N–H and O–H groups in total. The van der Waals surface area contributed by atoms with Gasteiger partial charge in [0.2, 0.25) is 5.91 Å². The van der Waals surface area contributed by atoms with Gasteiger partial charge in [-0.3, -0.25) is 9.69 Å². The Morgan fingerprint density at radius 1 is 0.803 bits per heavy atom. The molecule has 2 spiro atoms. The third-order valence-corrected chi connectivity index (χ3v) is 15.3. The second-order valence-corrected chi connectivity index (χ2v) is 18.9. The van der Waals surface area contributed by atoms with Crippen LogP contribution < -0.4 is 19.4 Å². The van der Waals surface area contributed by atoms with Crippen molar-refractivity contribution in [3.63, 3.8) is 0 Å². The summed E-state index contributed by atoms with van der Waals surface area (Å²) in [4.78, 5) is 52.0. The Kier molecular flexibility index (Phi) is 12.9. The number of amides is 4. The van der Waals surface area contributed by atoms with Gasteiger partial charge in [0.15, 0.2) is 0 Å². The fourth-order valence-electron chi connectivity index (χ4n) is 11.3. The fourth-order valence-corrected chi connectivity index (χ4v) is 11.9. The smallest absolute Gasteiger partial charge is 0.409 e. The largest absolute Gasteiger partial charge is 0.496 e. The first kappa shape index (κ1) is 43.3. The van der Waals surface area contributed by atoms with Gasteiger partial charge in [0.25, 0.3) is 0 Å². The maximum absolute atomic E-state index is 14.2. The minimum Gasteiger partial charge on any atom is -0.496 e. The normalized spacial score (nSPS) is 21.5. The molecule has 330 valence electrons. The monoisotopic (exact) mass is 857 g/mol. The number of ether oxygens (including phenoxy) is 2. The molecule has 0 bridgehead atoms. The summed E-state index contributed by atoms with van der Waals surface area (Å²) >= 11 is 1.76. The molecule has 3 aromatic rings. The quantitative estimate of drug-likeness (QED) is 0.262. The Morgan fingerprint density at radius 3 is 2.00 bits per heavy atom. The number of benzene rings is 2. The first-order valence-corrected chi connectivity index (χ1v) is 23.3. The van der Waals surface area contributed by atoms with E-state index in [1.165, 1.54) is 30.2 Å². The number of hydrogen-bond donors (Lipinski definition) is 0. The van der Waals surface area contributed by atoms with Crippen molar-refractivity contribution in [2.75, 3.05) is 108 Å². The number of hydrogen-bond acceptors (Lipinski definition) is 9. The van der Waals surface area contributed by atoms with Crippen molar-refractivity contribution in [1.82, 2.24) is 19.6 Å². The van der Waals surface area contributed by atoms with Crippen LogP contribution in [0.1, 0.15) is 76.3 Å². The molecule has 9 rings (SSSR count). The zero-order valence-electron chi connectivity index (χ0n) is 36.7. The number of halogens is 1. The van der Waals surface area contributed by atoms with Crippen LogP contribution in [0.25, 0.3) is 0 Å². The molecule has 0 unspecified atom stereocenters. The number of rotatable bonds is 5. The van der Waals surface area contributed by atoms with E-state index in [9.17, 15) is 18.8 Å².